The van der Waals surface area contributed by atoms with Crippen LogP contribution in [0, 0.1) is 11.3 Å². The Labute approximate surface area is 399 Å². The van der Waals surface area contributed by atoms with Crippen molar-refractivity contribution >= 4 is 34.5 Å². The summed E-state index contributed by atoms with van der Waals surface area (Å²) >= 11 is 0. The van der Waals surface area contributed by atoms with Crippen LogP contribution in [-0.4, -0.2) is 139 Å². The molecule has 68 heavy (non-hydrogen) atoms. The van der Waals surface area contributed by atoms with Crippen LogP contribution in [0.5, 0.6) is 5.75 Å². The molecule has 0 amide bonds. The van der Waals surface area contributed by atoms with Crippen molar-refractivity contribution in [2.45, 2.75) is 112 Å². The summed E-state index contributed by atoms with van der Waals surface area (Å²) in [6.07, 6.45) is 5.77. The van der Waals surface area contributed by atoms with Crippen molar-refractivity contribution in [3.05, 3.63) is 107 Å². The van der Waals surface area contributed by atoms with E-state index in [4.69, 9.17) is 18.9 Å². The molecule has 1 aromatic heterocycles. The number of carbonyl (C=O) groups excluding carboxylic acids is 3. The van der Waals surface area contributed by atoms with E-state index >= 15 is 4.79 Å². The number of hydrogen-bond donors (Lipinski definition) is 4. The summed E-state index contributed by atoms with van der Waals surface area (Å²) in [6.45, 7) is 7.84. The van der Waals surface area contributed by atoms with Gasteiger partial charge in [0.15, 0.2) is 6.10 Å². The van der Waals surface area contributed by atoms with Crippen LogP contribution in [0.4, 0.5) is 5.69 Å². The summed E-state index contributed by atoms with van der Waals surface area (Å²) < 4.78 is 24.2. The topological polar surface area (TPSA) is 174 Å². The van der Waals surface area contributed by atoms with Crippen molar-refractivity contribution in [1.82, 2.24) is 14.8 Å². The van der Waals surface area contributed by atoms with E-state index < -0.39 is 64.1 Å². The Morgan fingerprint density at radius 1 is 0.941 bits per heavy atom. The molecule has 14 nitrogen and oxygen atoms in total. The summed E-state index contributed by atoms with van der Waals surface area (Å²) in [5.41, 5.74) is -1.68. The van der Waals surface area contributed by atoms with Crippen LogP contribution in [0.25, 0.3) is 10.9 Å². The molecule has 0 bridgehead atoms. The van der Waals surface area contributed by atoms with Crippen LogP contribution in [0.2, 0.25) is 0 Å². The maximum absolute atomic E-state index is 15.8. The number of aliphatic hydroxyl groups excluding tert-OH is 1. The van der Waals surface area contributed by atoms with Gasteiger partial charge >= 0.3 is 17.9 Å². The van der Waals surface area contributed by atoms with E-state index in [-0.39, 0.29) is 24.8 Å². The van der Waals surface area contributed by atoms with E-state index in [1.165, 1.54) is 21.1 Å². The molecule has 364 valence electrons. The zero-order valence-corrected chi connectivity index (χ0v) is 40.5. The highest BCUT2D eigenvalue weighted by molar-refractivity contribution is 5.95. The number of methoxy groups -OCH3 is 3. The number of nitrogens with zero attached hydrogens (tertiary/aromatic N) is 3. The zero-order valence-electron chi connectivity index (χ0n) is 40.5. The highest BCUT2D eigenvalue weighted by Gasteiger charge is 2.80. The van der Waals surface area contributed by atoms with Gasteiger partial charge in [0.2, 0.25) is 5.60 Å². The lowest BCUT2D eigenvalue weighted by molar-refractivity contribution is -0.228. The van der Waals surface area contributed by atoms with Crippen LogP contribution in [-0.2, 0) is 52.4 Å². The first-order valence-corrected chi connectivity index (χ1v) is 24.3. The van der Waals surface area contributed by atoms with Gasteiger partial charge in [-0.3, -0.25) is 19.4 Å². The smallest absolute Gasteiger partial charge is 0.344 e. The van der Waals surface area contributed by atoms with Crippen molar-refractivity contribution in [2.24, 2.45) is 11.3 Å². The lowest BCUT2D eigenvalue weighted by Gasteiger charge is -2.63. The average molecular weight is 933 g/mol. The molecular formula is C54H68N4O10. The average Bonchev–Trinajstić information content (AvgIpc) is 4.01. The second-order valence-electron chi connectivity index (χ2n) is 20.2. The van der Waals surface area contributed by atoms with Gasteiger partial charge in [0.25, 0.3) is 0 Å². The Hall–Kier alpha value is -5.25. The number of benzene rings is 3. The van der Waals surface area contributed by atoms with E-state index in [9.17, 15) is 24.9 Å². The van der Waals surface area contributed by atoms with Crippen LogP contribution in [0.15, 0.2) is 78.9 Å². The minimum absolute atomic E-state index is 0.159. The molecule has 9 atom stereocenters. The number of fused-ring (bicyclic) bond motifs is 4. The first-order valence-electron chi connectivity index (χ1n) is 24.3. The number of nitrogens with one attached hydrogen (secondary N) is 1. The third-order valence-corrected chi connectivity index (χ3v) is 16.8. The van der Waals surface area contributed by atoms with Crippen molar-refractivity contribution < 1.29 is 48.7 Å². The number of esters is 3. The van der Waals surface area contributed by atoms with Gasteiger partial charge < -0.3 is 44.2 Å². The highest BCUT2D eigenvalue weighted by atomic mass is 16.6. The van der Waals surface area contributed by atoms with Crippen molar-refractivity contribution in [3.8, 4) is 5.75 Å². The maximum atomic E-state index is 15.8. The fraction of sp³-hybridized carbons (Fsp3) is 0.537. The van der Waals surface area contributed by atoms with E-state index in [1.54, 1.807) is 7.11 Å². The number of aryl methyl sites for hydroxylation is 1. The predicted molar refractivity (Wildman–Crippen MR) is 257 cm³/mol. The Bertz CT molecular complexity index is 2590. The Morgan fingerprint density at radius 2 is 1.68 bits per heavy atom. The molecule has 1 saturated carbocycles. The fourth-order valence-corrected chi connectivity index (χ4v) is 14.1. The fourth-order valence-electron chi connectivity index (χ4n) is 14.1. The quantitative estimate of drug-likeness (QED) is 0.0791. The number of hydrogen-bond acceptors (Lipinski definition) is 13. The van der Waals surface area contributed by atoms with Gasteiger partial charge in [-0.2, -0.15) is 0 Å². The molecule has 5 aliphatic rings. The Morgan fingerprint density at radius 3 is 2.35 bits per heavy atom. The molecule has 1 saturated heterocycles. The number of anilines is 1. The number of aliphatic hydroxyl groups is 3. The van der Waals surface area contributed by atoms with E-state index in [0.717, 1.165) is 40.6 Å². The molecule has 0 radical (unpaired) electrons. The van der Waals surface area contributed by atoms with Crippen LogP contribution in [0.1, 0.15) is 87.2 Å². The second-order valence-corrected chi connectivity index (χ2v) is 20.2. The molecule has 5 heterocycles. The molecule has 1 spiro atoms. The summed E-state index contributed by atoms with van der Waals surface area (Å²) in [4.78, 5) is 54.0. The van der Waals surface area contributed by atoms with Gasteiger partial charge in [-0.15, -0.1) is 0 Å². The standard InChI is InChI=1S/C54H68N4O10/c1-8-50(63,33-59)29-36-30-53(48(61)66-6,44-38(37-19-13-14-21-41(37)55-44)20-15-24-57(32-36)31-35-17-11-10-12-18-35)40-27-39-42(28-43(40)65-5)56(4)46-52(39)23-26-58-25-16-22-51(9-2,45(52)58)47(68-34(3)60)54(46,64)49(62)67-7/h10-14,16-19,21-22,27-28,36,45-47,55,59,63-64H,8-9,15,20,23-26,29-33H2,1-7H3/t36-,45+,46-,47-,50+,51-,52-,53-,54+/m1/s1. The molecule has 14 heteroatoms. The van der Waals surface area contributed by atoms with E-state index in [2.05, 4.69) is 39.0 Å². The second kappa shape index (κ2) is 17.9. The van der Waals surface area contributed by atoms with Gasteiger partial charge in [0.05, 0.1) is 39.6 Å². The number of carbonyl (C=O) groups is 3. The summed E-state index contributed by atoms with van der Waals surface area (Å²) in [5.74, 6) is -2.04. The molecular weight excluding hydrogens is 865 g/mol. The molecule has 4 N–H and O–H groups in total. The first kappa shape index (κ1) is 47.8. The number of rotatable bonds is 12. The summed E-state index contributed by atoms with van der Waals surface area (Å²) in [5, 5.41) is 37.4. The van der Waals surface area contributed by atoms with Crippen molar-refractivity contribution in [2.75, 3.05) is 66.1 Å². The van der Waals surface area contributed by atoms with Gasteiger partial charge in [-0.25, -0.2) is 4.79 Å². The minimum Gasteiger partial charge on any atom is -0.496 e. The van der Waals surface area contributed by atoms with Crippen molar-refractivity contribution in [3.63, 3.8) is 0 Å². The number of aromatic amines is 1. The minimum atomic E-state index is -2.35. The Kier molecular flexibility index (Phi) is 12.6. The maximum Gasteiger partial charge on any atom is 0.344 e. The molecule has 4 aliphatic heterocycles. The number of H-pyrrole nitrogens is 1. The van der Waals surface area contributed by atoms with Gasteiger partial charge in [-0.05, 0) is 92.8 Å². The molecule has 2 fully saturated rings. The number of likely N-dealkylation sites (N-methyl/N-ethyl adjacent to an activating group) is 1. The molecule has 4 aromatic rings. The molecule has 1 aliphatic carbocycles. The lowest BCUT2D eigenvalue weighted by atomic mass is 9.47. The summed E-state index contributed by atoms with van der Waals surface area (Å²) in [6, 6.07) is 21.0. The molecule has 3 aromatic carbocycles. The predicted octanol–water partition coefficient (Wildman–Crippen LogP) is 5.56. The summed E-state index contributed by atoms with van der Waals surface area (Å²) in [7, 11) is 6.08. The van der Waals surface area contributed by atoms with E-state index in [0.29, 0.717) is 74.6 Å². The number of ether oxygens (including phenoxy) is 4. The van der Waals surface area contributed by atoms with E-state index in [1.807, 2.05) is 80.4 Å². The van der Waals surface area contributed by atoms with Crippen molar-refractivity contribution in [1.29, 1.82) is 0 Å². The lowest BCUT2D eigenvalue weighted by Crippen LogP contribution is -2.81. The normalized spacial score (nSPS) is 30.9. The largest absolute Gasteiger partial charge is 0.496 e. The van der Waals surface area contributed by atoms with Gasteiger partial charge in [0, 0.05) is 84.4 Å². The van der Waals surface area contributed by atoms with Crippen LogP contribution >= 0.6 is 0 Å². The van der Waals surface area contributed by atoms with Gasteiger partial charge in [0.1, 0.15) is 11.2 Å². The third-order valence-electron chi connectivity index (χ3n) is 16.8. The van der Waals surface area contributed by atoms with Crippen LogP contribution < -0.4 is 9.64 Å². The van der Waals surface area contributed by atoms with Crippen LogP contribution in [0.3, 0.4) is 0 Å². The van der Waals surface area contributed by atoms with Gasteiger partial charge in [-0.1, -0.05) is 74.5 Å². The molecule has 9 rings (SSSR count). The molecule has 0 unspecified atom stereocenters. The monoisotopic (exact) mass is 932 g/mol. The SMILES string of the molecule is CC[C@@](O)(CO)C[C@H]1CN(Cc2ccccc2)CCCc2c([nH]c3ccccc23)[C@](C(=O)OC)(c2cc3c(cc2OC)N(C)[C@H]2[C@@](O)(C(=O)OC)[C@H](OC(C)=O)[C@]4(CC)C=CCN5CC[C@]32[C@@H]54)C1. The first-order chi connectivity index (χ1) is 32.7. The number of aromatic nitrogens is 1. The Balaban J connectivity index is 1.35. The zero-order chi connectivity index (χ0) is 48.4. The number of para-hydroxylation sites is 1. The highest BCUT2D eigenvalue weighted by Crippen LogP contribution is 2.68. The third kappa shape index (κ3) is 7.02.